The van der Waals surface area contributed by atoms with Crippen LogP contribution in [0.15, 0.2) is 18.2 Å². The zero-order chi connectivity index (χ0) is 10.1. The summed E-state index contributed by atoms with van der Waals surface area (Å²) in [5.74, 6) is -1.29. The normalized spacial score (nSPS) is 14.4. The minimum absolute atomic E-state index is 0.0661. The molecule has 0 unspecified atom stereocenters. The Morgan fingerprint density at radius 2 is 2.21 bits per heavy atom. The summed E-state index contributed by atoms with van der Waals surface area (Å²) in [4.78, 5) is 21.8. The number of esters is 1. The molecule has 0 fully saturated rings. The molecule has 1 aromatic carbocycles. The van der Waals surface area contributed by atoms with Crippen LogP contribution in [0.4, 0.5) is 0 Å². The van der Waals surface area contributed by atoms with Gasteiger partial charge in [0.05, 0.1) is 12.0 Å². The quantitative estimate of drug-likeness (QED) is 0.674. The van der Waals surface area contributed by atoms with Gasteiger partial charge in [0.2, 0.25) is 0 Å². The van der Waals surface area contributed by atoms with Crippen LogP contribution in [0.25, 0.3) is 0 Å². The first-order valence-electron chi connectivity index (χ1n) is 4.18. The molecule has 0 saturated heterocycles. The summed E-state index contributed by atoms with van der Waals surface area (Å²) in [7, 11) is 0. The fourth-order valence-corrected chi connectivity index (χ4v) is 1.53. The van der Waals surface area contributed by atoms with Gasteiger partial charge in [-0.25, -0.2) is 4.79 Å². The van der Waals surface area contributed by atoms with Gasteiger partial charge in [-0.1, -0.05) is 12.1 Å². The average molecular weight is 192 g/mol. The van der Waals surface area contributed by atoms with E-state index in [1.54, 1.807) is 12.1 Å². The number of carbonyl (C=O) groups is 2. The van der Waals surface area contributed by atoms with Crippen molar-refractivity contribution in [3.8, 4) is 0 Å². The van der Waals surface area contributed by atoms with Crippen molar-refractivity contribution >= 4 is 11.9 Å². The Labute approximate surface area is 80.1 Å². The molecule has 0 bridgehead atoms. The first-order valence-corrected chi connectivity index (χ1v) is 4.18. The van der Waals surface area contributed by atoms with Crippen LogP contribution in [0.2, 0.25) is 0 Å². The zero-order valence-electron chi connectivity index (χ0n) is 7.32. The predicted molar refractivity (Wildman–Crippen MR) is 46.9 cm³/mol. The zero-order valence-corrected chi connectivity index (χ0v) is 7.32. The average Bonchev–Trinajstić information content (AvgIpc) is 2.16. The van der Waals surface area contributed by atoms with Gasteiger partial charge < -0.3 is 9.84 Å². The van der Waals surface area contributed by atoms with Gasteiger partial charge in [0.25, 0.3) is 0 Å². The van der Waals surface area contributed by atoms with Gasteiger partial charge in [0.1, 0.15) is 6.61 Å². The largest absolute Gasteiger partial charge is 0.478 e. The summed E-state index contributed by atoms with van der Waals surface area (Å²) in [6.45, 7) is 0.0661. The standard InChI is InChI=1S/C10H8O4/c11-9-4-6-2-1-3-7(10(12)13)8(6)5-14-9/h1-3H,4-5H2,(H,12,13). The number of cyclic esters (lactones) is 1. The number of rotatable bonds is 1. The van der Waals surface area contributed by atoms with Crippen molar-refractivity contribution in [1.82, 2.24) is 0 Å². The Hall–Kier alpha value is -1.84. The third kappa shape index (κ3) is 1.35. The fraction of sp³-hybridized carbons (Fsp3) is 0.200. The monoisotopic (exact) mass is 192 g/mol. The van der Waals surface area contributed by atoms with Crippen LogP contribution in [0.1, 0.15) is 21.5 Å². The molecular formula is C10H8O4. The Bertz CT molecular complexity index is 409. The maximum Gasteiger partial charge on any atom is 0.336 e. The van der Waals surface area contributed by atoms with Crippen molar-refractivity contribution in [3.05, 3.63) is 34.9 Å². The summed E-state index contributed by atoms with van der Waals surface area (Å²) in [6.07, 6.45) is 0.163. The summed E-state index contributed by atoms with van der Waals surface area (Å²) in [5, 5.41) is 8.87. The molecule has 2 rings (SSSR count). The maximum atomic E-state index is 10.9. The van der Waals surface area contributed by atoms with Crippen molar-refractivity contribution in [2.45, 2.75) is 13.0 Å². The highest BCUT2D eigenvalue weighted by molar-refractivity contribution is 5.90. The maximum absolute atomic E-state index is 10.9. The number of benzene rings is 1. The highest BCUT2D eigenvalue weighted by Gasteiger charge is 2.21. The van der Waals surface area contributed by atoms with Crippen molar-refractivity contribution in [2.75, 3.05) is 0 Å². The second-order valence-corrected chi connectivity index (χ2v) is 3.09. The van der Waals surface area contributed by atoms with Crippen LogP contribution in [0.3, 0.4) is 0 Å². The van der Waals surface area contributed by atoms with Gasteiger partial charge in [-0.05, 0) is 11.6 Å². The van der Waals surface area contributed by atoms with Crippen LogP contribution >= 0.6 is 0 Å². The third-order valence-corrected chi connectivity index (χ3v) is 2.22. The molecule has 4 nitrogen and oxygen atoms in total. The fourth-order valence-electron chi connectivity index (χ4n) is 1.53. The number of aromatic carboxylic acids is 1. The topological polar surface area (TPSA) is 63.6 Å². The molecule has 0 saturated carbocycles. The number of carboxylic acids is 1. The number of hydrogen-bond acceptors (Lipinski definition) is 3. The molecule has 0 amide bonds. The lowest BCUT2D eigenvalue weighted by Gasteiger charge is -2.17. The first kappa shape index (κ1) is 8.74. The van der Waals surface area contributed by atoms with Gasteiger partial charge in [-0.2, -0.15) is 0 Å². The molecule has 0 aromatic heterocycles. The molecule has 1 heterocycles. The summed E-state index contributed by atoms with van der Waals surface area (Å²) < 4.78 is 4.79. The minimum atomic E-state index is -0.986. The molecule has 0 radical (unpaired) electrons. The molecule has 0 atom stereocenters. The smallest absolute Gasteiger partial charge is 0.336 e. The van der Waals surface area contributed by atoms with E-state index in [4.69, 9.17) is 9.84 Å². The second-order valence-electron chi connectivity index (χ2n) is 3.09. The summed E-state index contributed by atoms with van der Waals surface area (Å²) >= 11 is 0. The van der Waals surface area contributed by atoms with E-state index >= 15 is 0 Å². The number of hydrogen-bond donors (Lipinski definition) is 1. The lowest BCUT2D eigenvalue weighted by atomic mass is 9.98. The molecule has 4 heteroatoms. The van der Waals surface area contributed by atoms with Gasteiger partial charge >= 0.3 is 11.9 Å². The molecular weight excluding hydrogens is 184 g/mol. The van der Waals surface area contributed by atoms with E-state index in [1.165, 1.54) is 6.07 Å². The van der Waals surface area contributed by atoms with Crippen molar-refractivity contribution in [3.63, 3.8) is 0 Å². The number of carbonyl (C=O) groups excluding carboxylic acids is 1. The Kier molecular flexibility index (Phi) is 1.96. The van der Waals surface area contributed by atoms with Crippen LogP contribution in [-0.4, -0.2) is 17.0 Å². The highest BCUT2D eigenvalue weighted by Crippen LogP contribution is 2.21. The summed E-state index contributed by atoms with van der Waals surface area (Å²) in [5.41, 5.74) is 1.58. The van der Waals surface area contributed by atoms with Gasteiger partial charge in [-0.3, -0.25) is 4.79 Å². The van der Waals surface area contributed by atoms with Gasteiger partial charge in [-0.15, -0.1) is 0 Å². The lowest BCUT2D eigenvalue weighted by Crippen LogP contribution is -2.19. The lowest BCUT2D eigenvalue weighted by molar-refractivity contribution is -0.145. The molecule has 14 heavy (non-hydrogen) atoms. The van der Waals surface area contributed by atoms with Gasteiger partial charge in [0.15, 0.2) is 0 Å². The molecule has 1 N–H and O–H groups in total. The Balaban J connectivity index is 2.52. The SMILES string of the molecule is O=C1Cc2cccc(C(=O)O)c2CO1. The number of ether oxygens (including phenoxy) is 1. The minimum Gasteiger partial charge on any atom is -0.478 e. The van der Waals surface area contributed by atoms with Crippen molar-refractivity contribution in [2.24, 2.45) is 0 Å². The van der Waals surface area contributed by atoms with Crippen LogP contribution in [-0.2, 0) is 22.6 Å². The van der Waals surface area contributed by atoms with Crippen molar-refractivity contribution < 1.29 is 19.4 Å². The Morgan fingerprint density at radius 3 is 2.93 bits per heavy atom. The van der Waals surface area contributed by atoms with E-state index in [0.29, 0.717) is 5.56 Å². The van der Waals surface area contributed by atoms with E-state index in [2.05, 4.69) is 0 Å². The van der Waals surface area contributed by atoms with Crippen LogP contribution in [0.5, 0.6) is 0 Å². The van der Waals surface area contributed by atoms with Crippen molar-refractivity contribution in [1.29, 1.82) is 0 Å². The first-order chi connectivity index (χ1) is 6.68. The molecule has 72 valence electrons. The van der Waals surface area contributed by atoms with E-state index in [-0.39, 0.29) is 24.6 Å². The van der Waals surface area contributed by atoms with E-state index in [1.807, 2.05) is 0 Å². The molecule has 0 aliphatic carbocycles. The predicted octanol–water partition coefficient (Wildman–Crippen LogP) is 0.984. The van der Waals surface area contributed by atoms with E-state index in [9.17, 15) is 9.59 Å². The Morgan fingerprint density at radius 1 is 1.43 bits per heavy atom. The second kappa shape index (κ2) is 3.14. The molecule has 1 aliphatic heterocycles. The van der Waals surface area contributed by atoms with E-state index < -0.39 is 5.97 Å². The molecule has 0 spiro atoms. The summed E-state index contributed by atoms with van der Waals surface area (Å²) in [6, 6.07) is 4.91. The molecule has 1 aromatic rings. The van der Waals surface area contributed by atoms with E-state index in [0.717, 1.165) is 5.56 Å². The van der Waals surface area contributed by atoms with Gasteiger partial charge in [0, 0.05) is 5.56 Å². The van der Waals surface area contributed by atoms with Crippen LogP contribution in [0, 0.1) is 0 Å². The molecule has 1 aliphatic rings. The number of fused-ring (bicyclic) bond motifs is 1. The number of carboxylic acid groups (broad SMARTS) is 1. The third-order valence-electron chi connectivity index (χ3n) is 2.22. The van der Waals surface area contributed by atoms with Crippen LogP contribution < -0.4 is 0 Å². The highest BCUT2D eigenvalue weighted by atomic mass is 16.5.